The van der Waals surface area contributed by atoms with Gasteiger partial charge in [0.2, 0.25) is 0 Å². The molecule has 0 fully saturated rings. The first-order valence-corrected chi connectivity index (χ1v) is 6.83. The van der Waals surface area contributed by atoms with Gasteiger partial charge in [-0.2, -0.15) is 5.26 Å². The molecule has 0 atom stereocenters. The highest BCUT2D eigenvalue weighted by Gasteiger charge is 2.08. The third kappa shape index (κ3) is 4.21. The lowest BCUT2D eigenvalue weighted by Gasteiger charge is -2.10. The molecule has 2 aromatic rings. The van der Waals surface area contributed by atoms with E-state index < -0.39 is 6.09 Å². The van der Waals surface area contributed by atoms with Crippen molar-refractivity contribution < 1.29 is 9.53 Å². The predicted molar refractivity (Wildman–Crippen MR) is 83.4 cm³/mol. The van der Waals surface area contributed by atoms with Gasteiger partial charge >= 0.3 is 6.09 Å². The summed E-state index contributed by atoms with van der Waals surface area (Å²) in [5.41, 5.74) is 2.67. The fraction of sp³-hybridized carbons (Fsp3) is 0.188. The summed E-state index contributed by atoms with van der Waals surface area (Å²) in [5, 5.41) is 15.0. The molecule has 0 saturated heterocycles. The summed E-state index contributed by atoms with van der Waals surface area (Å²) < 4.78 is 4.80. The fourth-order valence-electron chi connectivity index (χ4n) is 1.84. The third-order valence-electron chi connectivity index (χ3n) is 2.90. The van der Waals surface area contributed by atoms with Gasteiger partial charge in [-0.25, -0.2) is 4.79 Å². The number of ether oxygens (including phenoxy) is 1. The van der Waals surface area contributed by atoms with Gasteiger partial charge in [-0.15, -0.1) is 0 Å². The van der Waals surface area contributed by atoms with E-state index in [1.165, 1.54) is 0 Å². The molecular weight excluding hydrogens is 280 g/mol. The van der Waals surface area contributed by atoms with Crippen LogP contribution in [0, 0.1) is 11.3 Å². The molecule has 112 valence electrons. The van der Waals surface area contributed by atoms with Crippen molar-refractivity contribution in [3.05, 3.63) is 53.9 Å². The Morgan fingerprint density at radius 1 is 1.32 bits per heavy atom. The van der Waals surface area contributed by atoms with Crippen molar-refractivity contribution in [2.45, 2.75) is 13.5 Å². The van der Waals surface area contributed by atoms with Gasteiger partial charge in [-0.1, -0.05) is 0 Å². The Morgan fingerprint density at radius 2 is 2.09 bits per heavy atom. The third-order valence-corrected chi connectivity index (χ3v) is 2.90. The van der Waals surface area contributed by atoms with Crippen LogP contribution in [0.25, 0.3) is 0 Å². The Kier molecular flexibility index (Phi) is 5.32. The van der Waals surface area contributed by atoms with Crippen LogP contribution in [0.1, 0.15) is 18.1 Å². The minimum Gasteiger partial charge on any atom is -0.450 e. The largest absolute Gasteiger partial charge is 0.450 e. The Morgan fingerprint density at radius 3 is 2.77 bits per heavy atom. The standard InChI is InChI=1S/C16H16N4O2/c1-2-22-16(21)20-15-4-3-14(9-13(15)10-17)19-11-12-5-7-18-8-6-12/h3-9,19H,2,11H2,1H3,(H,20,21). The monoisotopic (exact) mass is 296 g/mol. The van der Waals surface area contributed by atoms with E-state index in [1.54, 1.807) is 37.5 Å². The minimum atomic E-state index is -0.573. The van der Waals surface area contributed by atoms with Crippen LogP contribution in [-0.4, -0.2) is 17.7 Å². The Balaban J connectivity index is 2.05. The highest BCUT2D eigenvalue weighted by atomic mass is 16.5. The second-order valence-electron chi connectivity index (χ2n) is 4.43. The number of amides is 1. The molecule has 0 aliphatic carbocycles. The highest BCUT2D eigenvalue weighted by Crippen LogP contribution is 2.20. The zero-order valence-electron chi connectivity index (χ0n) is 12.2. The quantitative estimate of drug-likeness (QED) is 0.885. The maximum Gasteiger partial charge on any atom is 0.411 e. The van der Waals surface area contributed by atoms with E-state index in [2.05, 4.69) is 21.7 Å². The van der Waals surface area contributed by atoms with Crippen LogP contribution in [0.2, 0.25) is 0 Å². The summed E-state index contributed by atoms with van der Waals surface area (Å²) in [4.78, 5) is 15.4. The van der Waals surface area contributed by atoms with Crippen molar-refractivity contribution in [2.24, 2.45) is 0 Å². The van der Waals surface area contributed by atoms with Gasteiger partial charge in [-0.05, 0) is 42.8 Å². The summed E-state index contributed by atoms with van der Waals surface area (Å²) in [6.45, 7) is 2.62. The van der Waals surface area contributed by atoms with E-state index in [4.69, 9.17) is 4.74 Å². The van der Waals surface area contributed by atoms with Crippen LogP contribution in [0.4, 0.5) is 16.2 Å². The van der Waals surface area contributed by atoms with Gasteiger partial charge in [0, 0.05) is 24.6 Å². The number of aromatic nitrogens is 1. The Labute approximate surface area is 128 Å². The number of nitriles is 1. The maximum atomic E-state index is 11.4. The molecule has 0 aliphatic rings. The van der Waals surface area contributed by atoms with Crippen molar-refractivity contribution >= 4 is 17.5 Å². The summed E-state index contributed by atoms with van der Waals surface area (Å²) in [7, 11) is 0. The second-order valence-corrected chi connectivity index (χ2v) is 4.43. The van der Waals surface area contributed by atoms with Gasteiger partial charge in [0.1, 0.15) is 6.07 Å². The number of rotatable bonds is 5. The van der Waals surface area contributed by atoms with E-state index in [0.29, 0.717) is 17.8 Å². The molecule has 0 bridgehead atoms. The number of nitrogens with zero attached hydrogens (tertiary/aromatic N) is 2. The van der Waals surface area contributed by atoms with Crippen LogP contribution in [-0.2, 0) is 11.3 Å². The average Bonchev–Trinajstić information content (AvgIpc) is 2.55. The normalized spacial score (nSPS) is 9.64. The predicted octanol–water partition coefficient (Wildman–Crippen LogP) is 3.13. The van der Waals surface area contributed by atoms with E-state index in [9.17, 15) is 10.1 Å². The number of pyridine rings is 1. The molecule has 1 aromatic heterocycles. The molecule has 1 amide bonds. The smallest absolute Gasteiger partial charge is 0.411 e. The maximum absolute atomic E-state index is 11.4. The summed E-state index contributed by atoms with van der Waals surface area (Å²) in [6, 6.07) is 11.0. The number of anilines is 2. The zero-order valence-corrected chi connectivity index (χ0v) is 12.2. The van der Waals surface area contributed by atoms with Crippen molar-refractivity contribution in [2.75, 3.05) is 17.2 Å². The SMILES string of the molecule is CCOC(=O)Nc1ccc(NCc2ccncc2)cc1C#N. The summed E-state index contributed by atoms with van der Waals surface area (Å²) in [6.07, 6.45) is 2.88. The van der Waals surface area contributed by atoms with Crippen molar-refractivity contribution in [1.82, 2.24) is 4.98 Å². The highest BCUT2D eigenvalue weighted by molar-refractivity contribution is 5.87. The minimum absolute atomic E-state index is 0.277. The Hall–Kier alpha value is -3.07. The topological polar surface area (TPSA) is 87.0 Å². The van der Waals surface area contributed by atoms with Gasteiger partial charge in [-0.3, -0.25) is 10.3 Å². The van der Waals surface area contributed by atoms with Gasteiger partial charge in [0.05, 0.1) is 17.9 Å². The molecule has 1 heterocycles. The lowest BCUT2D eigenvalue weighted by molar-refractivity contribution is 0.168. The molecule has 0 spiro atoms. The number of hydrogen-bond acceptors (Lipinski definition) is 5. The molecule has 2 rings (SSSR count). The first kappa shape index (κ1) is 15.3. The van der Waals surface area contributed by atoms with Crippen molar-refractivity contribution in [3.63, 3.8) is 0 Å². The average molecular weight is 296 g/mol. The summed E-state index contributed by atoms with van der Waals surface area (Å²) >= 11 is 0. The molecule has 1 aromatic carbocycles. The first-order valence-electron chi connectivity index (χ1n) is 6.83. The van der Waals surface area contributed by atoms with Gasteiger partial charge in [0.25, 0.3) is 0 Å². The number of carbonyl (C=O) groups excluding carboxylic acids is 1. The van der Waals surface area contributed by atoms with Crippen LogP contribution in [0.15, 0.2) is 42.7 Å². The number of nitrogens with one attached hydrogen (secondary N) is 2. The number of benzene rings is 1. The first-order chi connectivity index (χ1) is 10.7. The molecule has 0 unspecified atom stereocenters. The molecule has 22 heavy (non-hydrogen) atoms. The molecule has 0 radical (unpaired) electrons. The zero-order chi connectivity index (χ0) is 15.8. The lowest BCUT2D eigenvalue weighted by atomic mass is 10.1. The van der Waals surface area contributed by atoms with Crippen molar-refractivity contribution in [1.29, 1.82) is 5.26 Å². The van der Waals surface area contributed by atoms with Crippen LogP contribution >= 0.6 is 0 Å². The molecular formula is C16H16N4O2. The number of carbonyl (C=O) groups is 1. The van der Waals surface area contributed by atoms with Gasteiger partial charge < -0.3 is 10.1 Å². The van der Waals surface area contributed by atoms with Crippen LogP contribution < -0.4 is 10.6 Å². The van der Waals surface area contributed by atoms with Gasteiger partial charge in [0.15, 0.2) is 0 Å². The fourth-order valence-corrected chi connectivity index (χ4v) is 1.84. The van der Waals surface area contributed by atoms with E-state index in [1.807, 2.05) is 12.1 Å². The van der Waals surface area contributed by atoms with E-state index in [-0.39, 0.29) is 6.61 Å². The second kappa shape index (κ2) is 7.64. The molecule has 2 N–H and O–H groups in total. The molecule has 6 nitrogen and oxygen atoms in total. The molecule has 6 heteroatoms. The van der Waals surface area contributed by atoms with E-state index in [0.717, 1.165) is 11.3 Å². The summed E-state index contributed by atoms with van der Waals surface area (Å²) in [5.74, 6) is 0. The molecule has 0 aliphatic heterocycles. The van der Waals surface area contributed by atoms with Crippen LogP contribution in [0.3, 0.4) is 0 Å². The Bertz CT molecular complexity index is 680. The van der Waals surface area contributed by atoms with Crippen LogP contribution in [0.5, 0.6) is 0 Å². The molecule has 0 saturated carbocycles. The van der Waals surface area contributed by atoms with Crippen molar-refractivity contribution in [3.8, 4) is 6.07 Å². The number of hydrogen-bond donors (Lipinski definition) is 2. The van der Waals surface area contributed by atoms with E-state index >= 15 is 0 Å². The lowest BCUT2D eigenvalue weighted by Crippen LogP contribution is -2.14.